The highest BCUT2D eigenvalue weighted by Crippen LogP contribution is 2.40. The van der Waals surface area contributed by atoms with Gasteiger partial charge in [0.05, 0.1) is 13.2 Å². The summed E-state index contributed by atoms with van der Waals surface area (Å²) in [5.74, 6) is 0.784. The molecule has 0 spiro atoms. The van der Waals surface area contributed by atoms with Crippen LogP contribution in [0.5, 0.6) is 0 Å². The van der Waals surface area contributed by atoms with Crippen LogP contribution in [-0.2, 0) is 9.78 Å². The van der Waals surface area contributed by atoms with E-state index in [0.717, 1.165) is 5.92 Å². The standard InChI is InChI=1S/C11H21NO2/c1-11(2,3)9-5-6-10(7-9)12-8-14-13-4/h8-10H,5-7H2,1-4H3/t9?,10-/m1/s1. The van der Waals surface area contributed by atoms with Crippen LogP contribution in [0.25, 0.3) is 0 Å². The third-order valence-electron chi connectivity index (χ3n) is 3.04. The molecule has 1 aliphatic rings. The van der Waals surface area contributed by atoms with Crippen molar-refractivity contribution in [3.05, 3.63) is 0 Å². The van der Waals surface area contributed by atoms with Gasteiger partial charge in [0.2, 0.25) is 6.40 Å². The molecule has 0 amide bonds. The van der Waals surface area contributed by atoms with Crippen molar-refractivity contribution in [3.63, 3.8) is 0 Å². The molecule has 3 heteroatoms. The van der Waals surface area contributed by atoms with Gasteiger partial charge in [-0.2, -0.15) is 4.89 Å². The molecule has 1 rings (SSSR count). The highest BCUT2D eigenvalue weighted by molar-refractivity contribution is 5.45. The van der Waals surface area contributed by atoms with E-state index in [-0.39, 0.29) is 0 Å². The van der Waals surface area contributed by atoms with Crippen molar-refractivity contribution in [1.82, 2.24) is 0 Å². The molecular weight excluding hydrogens is 178 g/mol. The van der Waals surface area contributed by atoms with Gasteiger partial charge >= 0.3 is 0 Å². The minimum absolute atomic E-state index is 0.409. The van der Waals surface area contributed by atoms with E-state index in [0.29, 0.717) is 11.5 Å². The van der Waals surface area contributed by atoms with Gasteiger partial charge in [0, 0.05) is 0 Å². The van der Waals surface area contributed by atoms with Gasteiger partial charge in [-0.05, 0) is 30.6 Å². The van der Waals surface area contributed by atoms with Gasteiger partial charge in [0.15, 0.2) is 0 Å². The summed E-state index contributed by atoms with van der Waals surface area (Å²) < 4.78 is 0. The van der Waals surface area contributed by atoms with Crippen molar-refractivity contribution in [2.75, 3.05) is 7.11 Å². The van der Waals surface area contributed by atoms with Crippen LogP contribution in [0.3, 0.4) is 0 Å². The fraction of sp³-hybridized carbons (Fsp3) is 0.909. The Morgan fingerprint density at radius 3 is 2.50 bits per heavy atom. The maximum Gasteiger partial charge on any atom is 0.215 e. The van der Waals surface area contributed by atoms with Crippen LogP contribution < -0.4 is 0 Å². The molecule has 0 heterocycles. The number of nitrogens with zero attached hydrogens (tertiary/aromatic N) is 1. The monoisotopic (exact) mass is 199 g/mol. The molecular formula is C11H21NO2. The fourth-order valence-corrected chi connectivity index (χ4v) is 2.03. The third-order valence-corrected chi connectivity index (χ3v) is 3.04. The maximum atomic E-state index is 4.62. The highest BCUT2D eigenvalue weighted by Gasteiger charge is 2.32. The average Bonchev–Trinajstić information content (AvgIpc) is 2.52. The van der Waals surface area contributed by atoms with Crippen molar-refractivity contribution < 1.29 is 9.78 Å². The molecule has 0 saturated heterocycles. The smallest absolute Gasteiger partial charge is 0.215 e. The molecule has 14 heavy (non-hydrogen) atoms. The zero-order chi connectivity index (χ0) is 10.6. The van der Waals surface area contributed by atoms with Gasteiger partial charge in [0.1, 0.15) is 0 Å². The Labute approximate surface area is 86.4 Å². The topological polar surface area (TPSA) is 30.8 Å². The van der Waals surface area contributed by atoms with E-state index in [1.807, 2.05) is 0 Å². The Balaban J connectivity index is 2.34. The molecule has 3 nitrogen and oxygen atoms in total. The number of hydrogen-bond donors (Lipinski definition) is 0. The van der Waals surface area contributed by atoms with Crippen molar-refractivity contribution in [3.8, 4) is 0 Å². The molecule has 0 aliphatic heterocycles. The normalized spacial score (nSPS) is 28.6. The first-order valence-corrected chi connectivity index (χ1v) is 5.25. The first-order valence-electron chi connectivity index (χ1n) is 5.25. The molecule has 0 radical (unpaired) electrons. The van der Waals surface area contributed by atoms with Crippen LogP contribution in [0.1, 0.15) is 40.0 Å². The SMILES string of the molecule is COOC=N[C@@H]1CCC(C(C)(C)C)C1. The average molecular weight is 199 g/mol. The minimum Gasteiger partial charge on any atom is -0.326 e. The third kappa shape index (κ3) is 3.29. The molecule has 1 saturated carbocycles. The summed E-state index contributed by atoms with van der Waals surface area (Å²) in [5, 5.41) is 0. The van der Waals surface area contributed by atoms with Crippen molar-refractivity contribution in [2.24, 2.45) is 16.3 Å². The highest BCUT2D eigenvalue weighted by atomic mass is 17.2. The van der Waals surface area contributed by atoms with Crippen LogP contribution in [0.2, 0.25) is 0 Å². The van der Waals surface area contributed by atoms with E-state index in [2.05, 4.69) is 35.5 Å². The number of aliphatic imine (C=N–C) groups is 1. The summed E-state index contributed by atoms with van der Waals surface area (Å²) in [6.45, 7) is 6.90. The Morgan fingerprint density at radius 2 is 2.00 bits per heavy atom. The van der Waals surface area contributed by atoms with E-state index in [9.17, 15) is 0 Å². The van der Waals surface area contributed by atoms with E-state index >= 15 is 0 Å². The van der Waals surface area contributed by atoms with Gasteiger partial charge < -0.3 is 4.89 Å². The van der Waals surface area contributed by atoms with Crippen molar-refractivity contribution in [2.45, 2.75) is 46.1 Å². The van der Waals surface area contributed by atoms with Crippen LogP contribution in [0.4, 0.5) is 0 Å². The minimum atomic E-state index is 0.409. The molecule has 0 aromatic carbocycles. The van der Waals surface area contributed by atoms with Crippen molar-refractivity contribution >= 4 is 6.40 Å². The molecule has 0 aromatic rings. The lowest BCUT2D eigenvalue weighted by Crippen LogP contribution is -2.17. The Morgan fingerprint density at radius 1 is 1.29 bits per heavy atom. The summed E-state index contributed by atoms with van der Waals surface area (Å²) in [5.41, 5.74) is 0.409. The molecule has 1 unspecified atom stereocenters. The zero-order valence-corrected chi connectivity index (χ0v) is 9.62. The van der Waals surface area contributed by atoms with E-state index in [1.165, 1.54) is 32.8 Å². The number of hydrogen-bond acceptors (Lipinski definition) is 3. The van der Waals surface area contributed by atoms with E-state index < -0.39 is 0 Å². The van der Waals surface area contributed by atoms with Gasteiger partial charge in [-0.3, -0.25) is 4.99 Å². The number of rotatable bonds is 3. The lowest BCUT2D eigenvalue weighted by Gasteiger charge is -2.26. The fourth-order valence-electron chi connectivity index (χ4n) is 2.03. The van der Waals surface area contributed by atoms with E-state index in [1.54, 1.807) is 0 Å². The second-order valence-electron chi connectivity index (χ2n) is 5.05. The summed E-state index contributed by atoms with van der Waals surface area (Å²) in [4.78, 5) is 13.4. The first-order chi connectivity index (χ1) is 6.54. The Hall–Kier alpha value is -0.570. The summed E-state index contributed by atoms with van der Waals surface area (Å²) in [6, 6.07) is 0.425. The first kappa shape index (κ1) is 11.5. The predicted molar refractivity (Wildman–Crippen MR) is 57.2 cm³/mol. The Kier molecular flexibility index (Phi) is 3.93. The largest absolute Gasteiger partial charge is 0.326 e. The lowest BCUT2D eigenvalue weighted by atomic mass is 9.80. The summed E-state index contributed by atoms with van der Waals surface area (Å²) in [7, 11) is 1.48. The van der Waals surface area contributed by atoms with Gasteiger partial charge in [0.25, 0.3) is 0 Å². The lowest BCUT2D eigenvalue weighted by molar-refractivity contribution is -0.188. The van der Waals surface area contributed by atoms with Gasteiger partial charge in [-0.1, -0.05) is 20.8 Å². The zero-order valence-electron chi connectivity index (χ0n) is 9.62. The van der Waals surface area contributed by atoms with Gasteiger partial charge in [-0.15, -0.1) is 0 Å². The maximum absolute atomic E-state index is 4.62. The second-order valence-corrected chi connectivity index (χ2v) is 5.05. The predicted octanol–water partition coefficient (Wildman–Crippen LogP) is 2.81. The second kappa shape index (κ2) is 4.78. The summed E-state index contributed by atoms with van der Waals surface area (Å²) in [6.07, 6.45) is 5.03. The van der Waals surface area contributed by atoms with Crippen LogP contribution >= 0.6 is 0 Å². The molecule has 1 aliphatic carbocycles. The molecule has 82 valence electrons. The van der Waals surface area contributed by atoms with Crippen LogP contribution in [0, 0.1) is 11.3 Å². The molecule has 0 aromatic heterocycles. The Bertz CT molecular complexity index is 196. The molecule has 2 atom stereocenters. The van der Waals surface area contributed by atoms with E-state index in [4.69, 9.17) is 0 Å². The quantitative estimate of drug-likeness (QED) is 0.303. The van der Waals surface area contributed by atoms with Crippen LogP contribution in [0.15, 0.2) is 4.99 Å². The molecule has 0 bridgehead atoms. The van der Waals surface area contributed by atoms with Gasteiger partial charge in [-0.25, -0.2) is 0 Å². The molecule has 0 N–H and O–H groups in total. The summed E-state index contributed by atoms with van der Waals surface area (Å²) >= 11 is 0. The molecule has 1 fully saturated rings. The van der Waals surface area contributed by atoms with Crippen LogP contribution in [-0.4, -0.2) is 19.6 Å². The van der Waals surface area contributed by atoms with Crippen molar-refractivity contribution in [1.29, 1.82) is 0 Å².